The molecule has 6 nitrogen and oxygen atoms in total. The number of carbonyl (C=O) groups is 1. The second-order valence-electron chi connectivity index (χ2n) is 4.48. The molecule has 1 atom stereocenters. The predicted octanol–water partition coefficient (Wildman–Crippen LogP) is 0.466. The predicted molar refractivity (Wildman–Crippen MR) is 79.0 cm³/mol. The van der Waals surface area contributed by atoms with Crippen LogP contribution in [0.15, 0.2) is 36.9 Å². The van der Waals surface area contributed by atoms with E-state index in [2.05, 4.69) is 27.2 Å². The summed E-state index contributed by atoms with van der Waals surface area (Å²) in [7, 11) is 0. The van der Waals surface area contributed by atoms with Gasteiger partial charge in [-0.2, -0.15) is 5.10 Å². The molecule has 21 heavy (non-hydrogen) atoms. The lowest BCUT2D eigenvalue weighted by Gasteiger charge is -2.12. The van der Waals surface area contributed by atoms with Crippen molar-refractivity contribution in [1.82, 2.24) is 20.1 Å². The molecule has 2 aromatic rings. The summed E-state index contributed by atoms with van der Waals surface area (Å²) in [5, 5.41) is 6.82. The first kappa shape index (κ1) is 14.8. The molecule has 1 heterocycles. The van der Waals surface area contributed by atoms with Crippen LogP contribution in [-0.4, -0.2) is 27.2 Å². The summed E-state index contributed by atoms with van der Waals surface area (Å²) in [6.07, 6.45) is 2.93. The number of nitrogens with zero attached hydrogens (tertiary/aromatic N) is 3. The van der Waals surface area contributed by atoms with Crippen LogP contribution in [0.2, 0.25) is 0 Å². The zero-order valence-electron chi connectivity index (χ0n) is 11.8. The summed E-state index contributed by atoms with van der Waals surface area (Å²) in [5.74, 6) is 5.66. The van der Waals surface area contributed by atoms with E-state index >= 15 is 0 Å². The highest BCUT2D eigenvalue weighted by atomic mass is 16.2. The minimum absolute atomic E-state index is 0.112. The van der Waals surface area contributed by atoms with Crippen molar-refractivity contribution >= 4 is 5.91 Å². The van der Waals surface area contributed by atoms with Crippen LogP contribution in [0.4, 0.5) is 0 Å². The van der Waals surface area contributed by atoms with Crippen molar-refractivity contribution in [1.29, 1.82) is 0 Å². The SMILES string of the molecule is CC(C(=O)NCc1cccc(C#CCN)c1)n1cncn1. The second kappa shape index (κ2) is 7.22. The zero-order chi connectivity index (χ0) is 15.1. The van der Waals surface area contributed by atoms with Crippen LogP contribution < -0.4 is 11.1 Å². The fourth-order valence-corrected chi connectivity index (χ4v) is 1.79. The minimum atomic E-state index is -0.396. The van der Waals surface area contributed by atoms with Crippen molar-refractivity contribution in [3.8, 4) is 11.8 Å². The van der Waals surface area contributed by atoms with Crippen LogP contribution in [-0.2, 0) is 11.3 Å². The van der Waals surface area contributed by atoms with Gasteiger partial charge in [-0.25, -0.2) is 9.67 Å². The summed E-state index contributed by atoms with van der Waals surface area (Å²) < 4.78 is 1.51. The van der Waals surface area contributed by atoms with Gasteiger partial charge in [0.1, 0.15) is 18.7 Å². The van der Waals surface area contributed by atoms with Gasteiger partial charge in [0.2, 0.25) is 5.91 Å². The maximum absolute atomic E-state index is 12.0. The van der Waals surface area contributed by atoms with E-state index in [-0.39, 0.29) is 5.91 Å². The lowest BCUT2D eigenvalue weighted by atomic mass is 10.1. The highest BCUT2D eigenvalue weighted by Gasteiger charge is 2.14. The Balaban J connectivity index is 1.95. The Labute approximate surface area is 123 Å². The molecule has 0 saturated carbocycles. The number of benzene rings is 1. The third kappa shape index (κ3) is 4.16. The molecule has 2 rings (SSSR count). The third-order valence-electron chi connectivity index (χ3n) is 2.94. The Morgan fingerprint density at radius 2 is 2.38 bits per heavy atom. The Kier molecular flexibility index (Phi) is 5.07. The van der Waals surface area contributed by atoms with Crippen molar-refractivity contribution < 1.29 is 4.79 Å². The Bertz CT molecular complexity index is 654. The first-order chi connectivity index (χ1) is 10.2. The maximum atomic E-state index is 12.0. The Morgan fingerprint density at radius 1 is 1.52 bits per heavy atom. The summed E-state index contributed by atoms with van der Waals surface area (Å²) in [6, 6.07) is 7.29. The molecule has 1 aromatic carbocycles. The van der Waals surface area contributed by atoms with Crippen LogP contribution >= 0.6 is 0 Å². The van der Waals surface area contributed by atoms with Gasteiger partial charge in [0.25, 0.3) is 0 Å². The third-order valence-corrected chi connectivity index (χ3v) is 2.94. The maximum Gasteiger partial charge on any atom is 0.244 e. The quantitative estimate of drug-likeness (QED) is 0.798. The van der Waals surface area contributed by atoms with Crippen molar-refractivity contribution in [3.05, 3.63) is 48.0 Å². The molecule has 1 amide bonds. The topological polar surface area (TPSA) is 85.8 Å². The first-order valence-corrected chi connectivity index (χ1v) is 6.60. The van der Waals surface area contributed by atoms with Crippen LogP contribution in [0.1, 0.15) is 24.1 Å². The average Bonchev–Trinajstić information content (AvgIpc) is 3.04. The second-order valence-corrected chi connectivity index (χ2v) is 4.48. The number of carbonyl (C=O) groups excluding carboxylic acids is 1. The molecule has 0 aliphatic carbocycles. The van der Waals surface area contributed by atoms with E-state index in [1.54, 1.807) is 6.92 Å². The lowest BCUT2D eigenvalue weighted by molar-refractivity contribution is -0.124. The molecule has 6 heteroatoms. The van der Waals surface area contributed by atoms with E-state index in [1.807, 2.05) is 24.3 Å². The van der Waals surface area contributed by atoms with Crippen molar-refractivity contribution in [3.63, 3.8) is 0 Å². The van der Waals surface area contributed by atoms with Crippen LogP contribution in [0, 0.1) is 11.8 Å². The van der Waals surface area contributed by atoms with Gasteiger partial charge in [0.15, 0.2) is 0 Å². The molecular weight excluding hydrogens is 266 g/mol. The van der Waals surface area contributed by atoms with Gasteiger partial charge in [-0.1, -0.05) is 24.0 Å². The fraction of sp³-hybridized carbons (Fsp3) is 0.267. The lowest BCUT2D eigenvalue weighted by Crippen LogP contribution is -2.30. The normalized spacial score (nSPS) is 11.3. The molecule has 0 radical (unpaired) electrons. The molecule has 0 aliphatic rings. The molecule has 108 valence electrons. The largest absolute Gasteiger partial charge is 0.350 e. The number of amides is 1. The van der Waals surface area contributed by atoms with Crippen LogP contribution in [0.25, 0.3) is 0 Å². The standard InChI is InChI=1S/C15H17N5O/c1-12(20-11-17-10-19-20)15(21)18-9-14-5-2-4-13(8-14)6-3-7-16/h2,4-5,8,10-12H,7,9,16H2,1H3,(H,18,21). The number of rotatable bonds is 4. The van der Waals surface area contributed by atoms with Crippen LogP contribution in [0.3, 0.4) is 0 Å². The molecule has 0 bridgehead atoms. The smallest absolute Gasteiger partial charge is 0.244 e. The Morgan fingerprint density at radius 3 is 3.10 bits per heavy atom. The summed E-state index contributed by atoms with van der Waals surface area (Å²) in [5.41, 5.74) is 7.22. The molecule has 0 fully saturated rings. The van der Waals surface area contributed by atoms with Gasteiger partial charge in [-0.15, -0.1) is 0 Å². The van der Waals surface area contributed by atoms with Crippen molar-refractivity contribution in [2.75, 3.05) is 6.54 Å². The van der Waals surface area contributed by atoms with Gasteiger partial charge in [-0.05, 0) is 24.6 Å². The van der Waals surface area contributed by atoms with Gasteiger partial charge in [-0.3, -0.25) is 4.79 Å². The number of hydrogen-bond donors (Lipinski definition) is 2. The highest BCUT2D eigenvalue weighted by Crippen LogP contribution is 2.06. The minimum Gasteiger partial charge on any atom is -0.350 e. The van der Waals surface area contributed by atoms with Gasteiger partial charge in [0, 0.05) is 12.1 Å². The molecule has 1 aromatic heterocycles. The van der Waals surface area contributed by atoms with E-state index in [4.69, 9.17) is 5.73 Å². The van der Waals surface area contributed by atoms with Crippen molar-refractivity contribution in [2.45, 2.75) is 19.5 Å². The molecule has 1 unspecified atom stereocenters. The summed E-state index contributed by atoms with van der Waals surface area (Å²) >= 11 is 0. The number of hydrogen-bond acceptors (Lipinski definition) is 4. The fourth-order valence-electron chi connectivity index (χ4n) is 1.79. The summed E-state index contributed by atoms with van der Waals surface area (Å²) in [6.45, 7) is 2.54. The van der Waals surface area contributed by atoms with E-state index in [0.717, 1.165) is 11.1 Å². The van der Waals surface area contributed by atoms with Crippen LogP contribution in [0.5, 0.6) is 0 Å². The molecule has 0 aliphatic heterocycles. The highest BCUT2D eigenvalue weighted by molar-refractivity contribution is 5.79. The Hall–Kier alpha value is -2.65. The van der Waals surface area contributed by atoms with Crippen molar-refractivity contribution in [2.24, 2.45) is 5.73 Å². The molecule has 0 saturated heterocycles. The average molecular weight is 283 g/mol. The van der Waals surface area contributed by atoms with E-state index in [1.165, 1.54) is 17.3 Å². The summed E-state index contributed by atoms with van der Waals surface area (Å²) in [4.78, 5) is 15.9. The van der Waals surface area contributed by atoms with E-state index in [0.29, 0.717) is 13.1 Å². The van der Waals surface area contributed by atoms with E-state index < -0.39 is 6.04 Å². The molecular formula is C15H17N5O. The zero-order valence-corrected chi connectivity index (χ0v) is 11.8. The number of aromatic nitrogens is 3. The number of nitrogens with one attached hydrogen (secondary N) is 1. The molecule has 3 N–H and O–H groups in total. The van der Waals surface area contributed by atoms with E-state index in [9.17, 15) is 4.79 Å². The molecule has 0 spiro atoms. The monoisotopic (exact) mass is 283 g/mol. The first-order valence-electron chi connectivity index (χ1n) is 6.60. The van der Waals surface area contributed by atoms with Gasteiger partial charge >= 0.3 is 0 Å². The van der Waals surface area contributed by atoms with Gasteiger partial charge < -0.3 is 11.1 Å². The number of nitrogens with two attached hydrogens (primary N) is 1. The van der Waals surface area contributed by atoms with Gasteiger partial charge in [0.05, 0.1) is 6.54 Å².